The molecule has 3 nitrogen and oxygen atoms in total. The first kappa shape index (κ1) is 14.7. The molecule has 0 aromatic heterocycles. The monoisotopic (exact) mass is 335 g/mol. The summed E-state index contributed by atoms with van der Waals surface area (Å²) in [5, 5.41) is 13.2. The van der Waals surface area contributed by atoms with Crippen molar-refractivity contribution in [3.8, 4) is 11.5 Å². The van der Waals surface area contributed by atoms with Crippen LogP contribution in [0, 0.1) is 13.8 Å². The van der Waals surface area contributed by atoms with Gasteiger partial charge in [-0.2, -0.15) is 0 Å². The first-order valence-electron chi connectivity index (χ1n) is 6.38. The number of aryl methyl sites for hydroxylation is 1. The second kappa shape index (κ2) is 6.18. The van der Waals surface area contributed by atoms with Crippen LogP contribution in [0.15, 0.2) is 34.8 Å². The molecule has 0 fully saturated rings. The molecular formula is C16H18BrNO2. The zero-order valence-corrected chi connectivity index (χ0v) is 13.4. The van der Waals surface area contributed by atoms with Crippen LogP contribution in [0.4, 0.5) is 5.69 Å². The molecule has 2 N–H and O–H groups in total. The Morgan fingerprint density at radius 3 is 2.70 bits per heavy atom. The first-order chi connectivity index (χ1) is 9.52. The van der Waals surface area contributed by atoms with Crippen LogP contribution in [0.2, 0.25) is 0 Å². The molecule has 0 saturated heterocycles. The molecule has 4 heteroatoms. The lowest BCUT2D eigenvalue weighted by Gasteiger charge is -2.13. The fourth-order valence-corrected chi connectivity index (χ4v) is 2.51. The lowest BCUT2D eigenvalue weighted by atomic mass is 10.1. The largest absolute Gasteiger partial charge is 0.503 e. The highest BCUT2D eigenvalue weighted by Gasteiger charge is 2.09. The molecule has 2 aromatic rings. The second-order valence-electron chi connectivity index (χ2n) is 4.73. The number of phenolic OH excluding ortho intramolecular Hbond substituents is 1. The van der Waals surface area contributed by atoms with Crippen molar-refractivity contribution in [2.24, 2.45) is 0 Å². The summed E-state index contributed by atoms with van der Waals surface area (Å²) < 4.78 is 5.79. The quantitative estimate of drug-likeness (QED) is 0.870. The molecule has 0 atom stereocenters. The SMILES string of the molecule is COc1cc(CNc2cccc(C)c2C)cc(Br)c1O. The zero-order chi connectivity index (χ0) is 14.7. The van der Waals surface area contributed by atoms with Crippen molar-refractivity contribution in [3.05, 3.63) is 51.5 Å². The van der Waals surface area contributed by atoms with Crippen molar-refractivity contribution >= 4 is 21.6 Å². The number of aromatic hydroxyl groups is 1. The highest BCUT2D eigenvalue weighted by atomic mass is 79.9. The van der Waals surface area contributed by atoms with E-state index in [0.717, 1.165) is 11.3 Å². The number of hydrogen-bond donors (Lipinski definition) is 2. The lowest BCUT2D eigenvalue weighted by molar-refractivity contribution is 0.371. The minimum absolute atomic E-state index is 0.128. The third-order valence-corrected chi connectivity index (χ3v) is 4.00. The summed E-state index contributed by atoms with van der Waals surface area (Å²) in [5.41, 5.74) is 4.66. The van der Waals surface area contributed by atoms with Gasteiger partial charge in [0.2, 0.25) is 0 Å². The van der Waals surface area contributed by atoms with Gasteiger partial charge in [-0.05, 0) is 64.7 Å². The highest BCUT2D eigenvalue weighted by Crippen LogP contribution is 2.35. The van der Waals surface area contributed by atoms with E-state index in [0.29, 0.717) is 16.8 Å². The summed E-state index contributed by atoms with van der Waals surface area (Å²) >= 11 is 3.33. The van der Waals surface area contributed by atoms with Crippen molar-refractivity contribution in [1.29, 1.82) is 0 Å². The minimum Gasteiger partial charge on any atom is -0.503 e. The van der Waals surface area contributed by atoms with Crippen LogP contribution in [0.1, 0.15) is 16.7 Å². The average Bonchev–Trinajstić information content (AvgIpc) is 2.44. The summed E-state index contributed by atoms with van der Waals surface area (Å²) in [5.74, 6) is 0.597. The Bertz CT molecular complexity index is 626. The Morgan fingerprint density at radius 1 is 1.25 bits per heavy atom. The van der Waals surface area contributed by atoms with Crippen molar-refractivity contribution < 1.29 is 9.84 Å². The van der Waals surface area contributed by atoms with Crippen molar-refractivity contribution in [1.82, 2.24) is 0 Å². The summed E-state index contributed by atoms with van der Waals surface area (Å²) in [7, 11) is 1.55. The van der Waals surface area contributed by atoms with E-state index in [1.165, 1.54) is 11.1 Å². The topological polar surface area (TPSA) is 41.5 Å². The van der Waals surface area contributed by atoms with E-state index in [1.807, 2.05) is 18.2 Å². The highest BCUT2D eigenvalue weighted by molar-refractivity contribution is 9.10. The molecule has 0 bridgehead atoms. The molecule has 0 radical (unpaired) electrons. The molecule has 0 saturated carbocycles. The predicted octanol–water partition coefficient (Wildman–Crippen LogP) is 4.39. The molecule has 2 rings (SSSR count). The maximum atomic E-state index is 9.80. The molecule has 0 amide bonds. The Morgan fingerprint density at radius 2 is 2.00 bits per heavy atom. The third-order valence-electron chi connectivity index (χ3n) is 3.40. The molecule has 2 aromatic carbocycles. The van der Waals surface area contributed by atoms with E-state index in [2.05, 4.69) is 47.2 Å². The molecular weight excluding hydrogens is 318 g/mol. The van der Waals surface area contributed by atoms with Gasteiger partial charge in [0.15, 0.2) is 11.5 Å². The molecule has 0 spiro atoms. The summed E-state index contributed by atoms with van der Waals surface area (Å²) in [6.45, 7) is 4.87. The maximum Gasteiger partial charge on any atom is 0.172 e. The van der Waals surface area contributed by atoms with Gasteiger partial charge in [0.05, 0.1) is 11.6 Å². The van der Waals surface area contributed by atoms with Crippen LogP contribution in [-0.2, 0) is 6.54 Å². The van der Waals surface area contributed by atoms with Gasteiger partial charge in [-0.25, -0.2) is 0 Å². The number of benzene rings is 2. The van der Waals surface area contributed by atoms with Gasteiger partial charge in [-0.1, -0.05) is 12.1 Å². The van der Waals surface area contributed by atoms with Gasteiger partial charge in [0.1, 0.15) is 0 Å². The number of phenols is 1. The van der Waals surface area contributed by atoms with Gasteiger partial charge >= 0.3 is 0 Å². The zero-order valence-electron chi connectivity index (χ0n) is 11.8. The van der Waals surface area contributed by atoms with Gasteiger partial charge in [0, 0.05) is 12.2 Å². The van der Waals surface area contributed by atoms with Crippen LogP contribution in [0.5, 0.6) is 11.5 Å². The first-order valence-corrected chi connectivity index (χ1v) is 7.17. The number of nitrogens with one attached hydrogen (secondary N) is 1. The number of ether oxygens (including phenoxy) is 1. The standard InChI is InChI=1S/C16H18BrNO2/c1-10-5-4-6-14(11(10)2)18-9-12-7-13(17)16(19)15(8-12)20-3/h4-8,18-19H,9H2,1-3H3. The lowest BCUT2D eigenvalue weighted by Crippen LogP contribution is -2.02. The van der Waals surface area contributed by atoms with Gasteiger partial charge < -0.3 is 15.2 Å². The number of rotatable bonds is 4. The molecule has 0 heterocycles. The normalized spacial score (nSPS) is 10.4. The summed E-state index contributed by atoms with van der Waals surface area (Å²) in [6, 6.07) is 9.92. The van der Waals surface area contributed by atoms with Crippen LogP contribution >= 0.6 is 15.9 Å². The molecule has 0 aliphatic heterocycles. The Kier molecular flexibility index (Phi) is 4.55. The van der Waals surface area contributed by atoms with Gasteiger partial charge in [-0.15, -0.1) is 0 Å². The minimum atomic E-state index is 0.128. The van der Waals surface area contributed by atoms with Gasteiger partial charge in [-0.3, -0.25) is 0 Å². The number of hydrogen-bond acceptors (Lipinski definition) is 3. The fourth-order valence-electron chi connectivity index (χ4n) is 2.02. The van der Waals surface area contributed by atoms with E-state index in [1.54, 1.807) is 7.11 Å². The van der Waals surface area contributed by atoms with Crippen LogP contribution in [0.25, 0.3) is 0 Å². The Labute approximate surface area is 127 Å². The van der Waals surface area contributed by atoms with Crippen molar-refractivity contribution in [2.75, 3.05) is 12.4 Å². The number of halogens is 1. The number of methoxy groups -OCH3 is 1. The van der Waals surface area contributed by atoms with Crippen molar-refractivity contribution in [3.63, 3.8) is 0 Å². The third kappa shape index (κ3) is 3.07. The van der Waals surface area contributed by atoms with E-state index >= 15 is 0 Å². The fraction of sp³-hybridized carbons (Fsp3) is 0.250. The smallest absolute Gasteiger partial charge is 0.172 e. The van der Waals surface area contributed by atoms with Crippen LogP contribution in [0.3, 0.4) is 0 Å². The molecule has 0 unspecified atom stereocenters. The van der Waals surface area contributed by atoms with E-state index < -0.39 is 0 Å². The predicted molar refractivity (Wildman–Crippen MR) is 85.6 cm³/mol. The van der Waals surface area contributed by atoms with E-state index in [-0.39, 0.29) is 5.75 Å². The van der Waals surface area contributed by atoms with E-state index in [9.17, 15) is 5.11 Å². The number of anilines is 1. The second-order valence-corrected chi connectivity index (χ2v) is 5.58. The van der Waals surface area contributed by atoms with Gasteiger partial charge in [0.25, 0.3) is 0 Å². The molecule has 0 aliphatic carbocycles. The molecule has 20 heavy (non-hydrogen) atoms. The Balaban J connectivity index is 2.19. The maximum absolute atomic E-state index is 9.80. The van der Waals surface area contributed by atoms with E-state index in [4.69, 9.17) is 4.74 Å². The van der Waals surface area contributed by atoms with Crippen molar-refractivity contribution in [2.45, 2.75) is 20.4 Å². The molecule has 0 aliphatic rings. The van der Waals surface area contributed by atoms with Crippen LogP contribution in [-0.4, -0.2) is 12.2 Å². The summed E-state index contributed by atoms with van der Waals surface area (Å²) in [4.78, 5) is 0. The molecule has 106 valence electrons. The summed E-state index contributed by atoms with van der Waals surface area (Å²) in [6.07, 6.45) is 0. The Hall–Kier alpha value is -1.68. The average molecular weight is 336 g/mol. The van der Waals surface area contributed by atoms with Crippen LogP contribution < -0.4 is 10.1 Å².